The van der Waals surface area contributed by atoms with Crippen LogP contribution in [0.4, 0.5) is 0 Å². The largest absolute Gasteiger partial charge is 0.330 e. The van der Waals surface area contributed by atoms with Crippen molar-refractivity contribution in [2.24, 2.45) is 0 Å². The number of benzene rings is 1. The van der Waals surface area contributed by atoms with E-state index in [-0.39, 0.29) is 11.4 Å². The number of halogens is 1. The van der Waals surface area contributed by atoms with E-state index in [0.29, 0.717) is 5.02 Å². The Hall–Kier alpha value is -1.06. The van der Waals surface area contributed by atoms with Gasteiger partial charge in [-0.05, 0) is 37.5 Å². The van der Waals surface area contributed by atoms with Crippen molar-refractivity contribution < 1.29 is 4.79 Å². The summed E-state index contributed by atoms with van der Waals surface area (Å²) in [4.78, 5) is 15.2. The van der Waals surface area contributed by atoms with Gasteiger partial charge in [0.15, 0.2) is 0 Å². The molecular formula is C17H23ClN2O. The summed E-state index contributed by atoms with van der Waals surface area (Å²) in [5, 5.41) is 4.16. The smallest absolute Gasteiger partial charge is 0.254 e. The van der Waals surface area contributed by atoms with E-state index >= 15 is 0 Å². The molecule has 0 radical (unpaired) electrons. The van der Waals surface area contributed by atoms with Crippen LogP contribution >= 0.6 is 11.6 Å². The first-order valence-electron chi connectivity index (χ1n) is 7.92. The molecule has 1 saturated carbocycles. The molecule has 1 aliphatic carbocycles. The Morgan fingerprint density at radius 2 is 2.05 bits per heavy atom. The van der Waals surface area contributed by atoms with Crippen LogP contribution in [0.1, 0.15) is 48.0 Å². The third-order valence-electron chi connectivity index (χ3n) is 5.07. The van der Waals surface area contributed by atoms with Gasteiger partial charge in [0.25, 0.3) is 5.91 Å². The maximum absolute atomic E-state index is 13.1. The van der Waals surface area contributed by atoms with Crippen molar-refractivity contribution in [3.63, 3.8) is 0 Å². The minimum Gasteiger partial charge on any atom is -0.330 e. The minimum absolute atomic E-state index is 0.0162. The predicted molar refractivity (Wildman–Crippen MR) is 85.9 cm³/mol. The summed E-state index contributed by atoms with van der Waals surface area (Å²) in [6.45, 7) is 4.54. The number of piperazine rings is 1. The first kappa shape index (κ1) is 14.9. The first-order valence-corrected chi connectivity index (χ1v) is 8.30. The molecule has 3 nitrogen and oxygen atoms in total. The fourth-order valence-corrected chi connectivity index (χ4v) is 3.98. The molecule has 3 rings (SSSR count). The lowest BCUT2D eigenvalue weighted by atomic mass is 9.78. The van der Waals surface area contributed by atoms with Crippen molar-refractivity contribution in [2.45, 2.75) is 44.6 Å². The maximum Gasteiger partial charge on any atom is 0.254 e. The molecule has 2 fully saturated rings. The second-order valence-electron chi connectivity index (χ2n) is 6.33. The zero-order valence-electron chi connectivity index (χ0n) is 12.6. The normalized spacial score (nSPS) is 21.5. The third kappa shape index (κ3) is 2.69. The highest BCUT2D eigenvalue weighted by Crippen LogP contribution is 2.36. The summed E-state index contributed by atoms with van der Waals surface area (Å²) in [7, 11) is 0. The highest BCUT2D eigenvalue weighted by molar-refractivity contribution is 6.31. The Bertz CT molecular complexity index is 529. The number of hydrogen-bond acceptors (Lipinski definition) is 2. The summed E-state index contributed by atoms with van der Waals surface area (Å²) in [5.41, 5.74) is 1.67. The lowest BCUT2D eigenvalue weighted by molar-refractivity contribution is 0.0222. The van der Waals surface area contributed by atoms with Crippen LogP contribution in [-0.2, 0) is 0 Å². The Labute approximate surface area is 131 Å². The van der Waals surface area contributed by atoms with Gasteiger partial charge in [0.1, 0.15) is 0 Å². The van der Waals surface area contributed by atoms with Gasteiger partial charge in [-0.1, -0.05) is 36.9 Å². The second-order valence-corrected chi connectivity index (χ2v) is 6.74. The molecule has 0 aromatic heterocycles. The topological polar surface area (TPSA) is 32.3 Å². The molecule has 1 aromatic carbocycles. The Kier molecular flexibility index (Phi) is 4.23. The zero-order valence-corrected chi connectivity index (χ0v) is 13.4. The summed E-state index contributed by atoms with van der Waals surface area (Å²) in [6.07, 6.45) is 5.97. The van der Waals surface area contributed by atoms with Crippen molar-refractivity contribution in [3.05, 3.63) is 34.3 Å². The summed E-state index contributed by atoms with van der Waals surface area (Å²) >= 11 is 6.19. The Morgan fingerprint density at radius 1 is 1.29 bits per heavy atom. The van der Waals surface area contributed by atoms with Gasteiger partial charge in [0.05, 0.1) is 5.54 Å². The van der Waals surface area contributed by atoms with E-state index in [2.05, 4.69) is 10.2 Å². The van der Waals surface area contributed by atoms with Gasteiger partial charge >= 0.3 is 0 Å². The molecule has 1 heterocycles. The molecule has 1 aliphatic heterocycles. The van der Waals surface area contributed by atoms with Crippen molar-refractivity contribution in [3.8, 4) is 0 Å². The lowest BCUT2D eigenvalue weighted by Gasteiger charge is -2.50. The molecule has 1 spiro atoms. The van der Waals surface area contributed by atoms with Gasteiger partial charge < -0.3 is 10.2 Å². The molecule has 0 atom stereocenters. The second kappa shape index (κ2) is 5.98. The Balaban J connectivity index is 1.92. The van der Waals surface area contributed by atoms with Gasteiger partial charge in [-0.15, -0.1) is 0 Å². The van der Waals surface area contributed by atoms with Crippen LogP contribution in [0.5, 0.6) is 0 Å². The zero-order chi connectivity index (χ0) is 14.9. The summed E-state index contributed by atoms with van der Waals surface area (Å²) in [5.74, 6) is 0.151. The molecule has 1 saturated heterocycles. The lowest BCUT2D eigenvalue weighted by Crippen LogP contribution is -2.63. The molecule has 114 valence electrons. The predicted octanol–water partition coefficient (Wildman–Crippen LogP) is 3.40. The number of amides is 1. The molecule has 4 heteroatoms. The molecule has 1 amide bonds. The van der Waals surface area contributed by atoms with Gasteiger partial charge in [0.2, 0.25) is 0 Å². The van der Waals surface area contributed by atoms with Crippen LogP contribution in [-0.4, -0.2) is 36.0 Å². The quantitative estimate of drug-likeness (QED) is 0.862. The highest BCUT2D eigenvalue weighted by atomic mass is 35.5. The number of carbonyl (C=O) groups is 1. The van der Waals surface area contributed by atoms with Gasteiger partial charge in [-0.25, -0.2) is 0 Å². The minimum atomic E-state index is 0.0162. The first-order chi connectivity index (χ1) is 10.1. The highest BCUT2D eigenvalue weighted by Gasteiger charge is 2.42. The number of carbonyl (C=O) groups excluding carboxylic acids is 1. The van der Waals surface area contributed by atoms with E-state index in [9.17, 15) is 4.79 Å². The van der Waals surface area contributed by atoms with Gasteiger partial charge in [-0.3, -0.25) is 4.79 Å². The molecule has 0 unspecified atom stereocenters. The monoisotopic (exact) mass is 306 g/mol. The van der Waals surface area contributed by atoms with E-state index in [1.165, 1.54) is 19.3 Å². The molecule has 2 aliphatic rings. The van der Waals surface area contributed by atoms with Crippen LogP contribution in [0.15, 0.2) is 18.2 Å². The van der Waals surface area contributed by atoms with E-state index in [4.69, 9.17) is 11.6 Å². The van der Waals surface area contributed by atoms with Crippen molar-refractivity contribution in [1.29, 1.82) is 0 Å². The fraction of sp³-hybridized carbons (Fsp3) is 0.588. The van der Waals surface area contributed by atoms with Crippen LogP contribution < -0.4 is 5.32 Å². The standard InChI is InChI=1S/C17H23ClN2O/c1-13-14(6-5-7-15(13)18)16(21)20-11-10-19-12-17(20)8-3-2-4-9-17/h5-7,19H,2-4,8-12H2,1H3. The van der Waals surface area contributed by atoms with Gasteiger partial charge in [0, 0.05) is 30.2 Å². The van der Waals surface area contributed by atoms with Crippen LogP contribution in [0, 0.1) is 6.92 Å². The van der Waals surface area contributed by atoms with Crippen molar-refractivity contribution in [1.82, 2.24) is 10.2 Å². The van der Waals surface area contributed by atoms with E-state index in [1.807, 2.05) is 25.1 Å². The molecule has 0 bridgehead atoms. The summed E-state index contributed by atoms with van der Waals surface area (Å²) < 4.78 is 0. The molecule has 1 N–H and O–H groups in total. The molecular weight excluding hydrogens is 284 g/mol. The van der Waals surface area contributed by atoms with Crippen LogP contribution in [0.25, 0.3) is 0 Å². The number of rotatable bonds is 1. The fourth-order valence-electron chi connectivity index (χ4n) is 3.80. The van der Waals surface area contributed by atoms with Crippen molar-refractivity contribution in [2.75, 3.05) is 19.6 Å². The van der Waals surface area contributed by atoms with Gasteiger partial charge in [-0.2, -0.15) is 0 Å². The van der Waals surface area contributed by atoms with Crippen molar-refractivity contribution >= 4 is 17.5 Å². The maximum atomic E-state index is 13.1. The molecule has 1 aromatic rings. The average molecular weight is 307 g/mol. The Morgan fingerprint density at radius 3 is 2.81 bits per heavy atom. The van der Waals surface area contributed by atoms with Crippen LogP contribution in [0.3, 0.4) is 0 Å². The number of hydrogen-bond donors (Lipinski definition) is 1. The third-order valence-corrected chi connectivity index (χ3v) is 5.48. The number of nitrogens with zero attached hydrogens (tertiary/aromatic N) is 1. The summed E-state index contributed by atoms with van der Waals surface area (Å²) in [6, 6.07) is 5.63. The molecule has 21 heavy (non-hydrogen) atoms. The number of nitrogens with one attached hydrogen (secondary N) is 1. The average Bonchev–Trinajstić information content (AvgIpc) is 2.51. The van der Waals surface area contributed by atoms with E-state index < -0.39 is 0 Å². The SMILES string of the molecule is Cc1c(Cl)cccc1C(=O)N1CCNCC12CCCCC2. The van der Waals surface area contributed by atoms with E-state index in [0.717, 1.165) is 43.6 Å². The van der Waals surface area contributed by atoms with Crippen LogP contribution in [0.2, 0.25) is 5.02 Å². The van der Waals surface area contributed by atoms with E-state index in [1.54, 1.807) is 0 Å².